The quantitative estimate of drug-likeness (QED) is 0.762. The molecule has 0 spiro atoms. The highest BCUT2D eigenvalue weighted by atomic mass is 16.3. The second-order valence-corrected chi connectivity index (χ2v) is 5.96. The number of hydrogen-bond donors (Lipinski definition) is 2. The van der Waals surface area contributed by atoms with E-state index >= 15 is 0 Å². The maximum atomic E-state index is 11.9. The number of aliphatic hydroxyl groups is 1. The Morgan fingerprint density at radius 1 is 1.26 bits per heavy atom. The van der Waals surface area contributed by atoms with Crippen LogP contribution in [0.15, 0.2) is 30.3 Å². The largest absolute Gasteiger partial charge is 0.395 e. The van der Waals surface area contributed by atoms with Gasteiger partial charge in [0.2, 0.25) is 0 Å². The minimum absolute atomic E-state index is 0.0426. The predicted octanol–water partition coefficient (Wildman–Crippen LogP) is 0.218. The number of carbonyl (C=O) groups is 2. The van der Waals surface area contributed by atoms with Gasteiger partial charge < -0.3 is 15.3 Å². The van der Waals surface area contributed by atoms with Crippen molar-refractivity contribution >= 4 is 11.8 Å². The first-order valence-corrected chi connectivity index (χ1v) is 8.03. The summed E-state index contributed by atoms with van der Waals surface area (Å²) in [6.07, 6.45) is 1.69. The highest BCUT2D eigenvalue weighted by Gasteiger charge is 2.24. The Labute approximate surface area is 137 Å². The van der Waals surface area contributed by atoms with Crippen LogP contribution in [0.3, 0.4) is 0 Å². The molecule has 1 heterocycles. The van der Waals surface area contributed by atoms with Crippen LogP contribution < -0.4 is 5.32 Å². The van der Waals surface area contributed by atoms with Crippen molar-refractivity contribution in [2.75, 3.05) is 33.3 Å². The summed E-state index contributed by atoms with van der Waals surface area (Å²) in [5.41, 5.74) is 1.29. The third-order valence-corrected chi connectivity index (χ3v) is 4.15. The first kappa shape index (κ1) is 17.4. The molecule has 0 atom stereocenters. The van der Waals surface area contributed by atoms with Crippen molar-refractivity contribution in [2.24, 2.45) is 0 Å². The van der Waals surface area contributed by atoms with Crippen LogP contribution in [0.4, 0.5) is 0 Å². The van der Waals surface area contributed by atoms with Gasteiger partial charge in [0.1, 0.15) is 0 Å². The van der Waals surface area contributed by atoms with Gasteiger partial charge in [-0.25, -0.2) is 0 Å². The van der Waals surface area contributed by atoms with Crippen LogP contribution in [0, 0.1) is 0 Å². The van der Waals surface area contributed by atoms with Gasteiger partial charge in [0.15, 0.2) is 0 Å². The fourth-order valence-corrected chi connectivity index (χ4v) is 2.75. The lowest BCUT2D eigenvalue weighted by Crippen LogP contribution is -2.49. The maximum absolute atomic E-state index is 11.9. The molecule has 6 heteroatoms. The Morgan fingerprint density at radius 3 is 2.52 bits per heavy atom. The van der Waals surface area contributed by atoms with E-state index in [4.69, 9.17) is 5.11 Å². The summed E-state index contributed by atoms with van der Waals surface area (Å²) < 4.78 is 0. The van der Waals surface area contributed by atoms with Crippen LogP contribution in [-0.4, -0.2) is 66.1 Å². The summed E-state index contributed by atoms with van der Waals surface area (Å²) in [5, 5.41) is 11.6. The van der Waals surface area contributed by atoms with E-state index in [0.717, 1.165) is 32.5 Å². The van der Waals surface area contributed by atoms with Gasteiger partial charge in [-0.05, 0) is 18.4 Å². The molecular weight excluding hydrogens is 294 g/mol. The highest BCUT2D eigenvalue weighted by molar-refractivity contribution is 6.35. The third kappa shape index (κ3) is 5.33. The van der Waals surface area contributed by atoms with Gasteiger partial charge in [-0.1, -0.05) is 30.3 Å². The molecule has 2 amide bonds. The number of aliphatic hydroxyl groups excluding tert-OH is 1. The Kier molecular flexibility index (Phi) is 6.55. The van der Waals surface area contributed by atoms with Gasteiger partial charge in [0.25, 0.3) is 0 Å². The van der Waals surface area contributed by atoms with Crippen LogP contribution in [0.5, 0.6) is 0 Å². The number of hydrogen-bond acceptors (Lipinski definition) is 4. The average Bonchev–Trinajstić information content (AvgIpc) is 2.57. The second-order valence-electron chi connectivity index (χ2n) is 5.96. The number of amides is 2. The van der Waals surface area contributed by atoms with Crippen molar-refractivity contribution in [1.29, 1.82) is 0 Å². The molecule has 0 aromatic heterocycles. The first-order valence-electron chi connectivity index (χ1n) is 8.03. The van der Waals surface area contributed by atoms with Crippen molar-refractivity contribution in [3.63, 3.8) is 0 Å². The Morgan fingerprint density at radius 2 is 1.91 bits per heavy atom. The number of nitrogens with zero attached hydrogens (tertiary/aromatic N) is 2. The van der Waals surface area contributed by atoms with E-state index in [0.29, 0.717) is 0 Å². The molecule has 0 saturated carbocycles. The summed E-state index contributed by atoms with van der Waals surface area (Å²) >= 11 is 0. The van der Waals surface area contributed by atoms with Crippen LogP contribution in [0.1, 0.15) is 18.4 Å². The standard InChI is InChI=1S/C17H25N3O3/c1-19(11-12-21)17(23)16(22)18-15-7-9-20(10-8-15)13-14-5-3-2-4-6-14/h2-6,15,21H,7-13H2,1H3,(H,18,22). The van der Waals surface area contributed by atoms with Gasteiger partial charge in [0.05, 0.1) is 6.61 Å². The predicted molar refractivity (Wildman–Crippen MR) is 87.6 cm³/mol. The number of likely N-dealkylation sites (N-methyl/N-ethyl adjacent to an activating group) is 1. The van der Waals surface area contributed by atoms with Gasteiger partial charge in [-0.15, -0.1) is 0 Å². The number of carbonyl (C=O) groups excluding carboxylic acids is 2. The molecular formula is C17H25N3O3. The number of likely N-dealkylation sites (tertiary alicyclic amines) is 1. The third-order valence-electron chi connectivity index (χ3n) is 4.15. The molecule has 1 aliphatic rings. The topological polar surface area (TPSA) is 72.9 Å². The summed E-state index contributed by atoms with van der Waals surface area (Å²) in [6.45, 7) is 2.75. The SMILES string of the molecule is CN(CCO)C(=O)C(=O)NC1CCN(Cc2ccccc2)CC1. The first-order chi connectivity index (χ1) is 11.1. The van der Waals surface area contributed by atoms with Gasteiger partial charge in [-0.2, -0.15) is 0 Å². The number of rotatable bonds is 5. The van der Waals surface area contributed by atoms with E-state index in [1.54, 1.807) is 0 Å². The molecule has 1 saturated heterocycles. The van der Waals surface area contributed by atoms with Crippen LogP contribution in [-0.2, 0) is 16.1 Å². The van der Waals surface area contributed by atoms with E-state index in [1.807, 2.05) is 18.2 Å². The molecule has 23 heavy (non-hydrogen) atoms. The molecule has 0 aliphatic carbocycles. The average molecular weight is 319 g/mol. The zero-order valence-corrected chi connectivity index (χ0v) is 13.6. The lowest BCUT2D eigenvalue weighted by atomic mass is 10.0. The fraction of sp³-hybridized carbons (Fsp3) is 0.529. The van der Waals surface area contributed by atoms with Crippen molar-refractivity contribution in [1.82, 2.24) is 15.1 Å². The molecule has 0 unspecified atom stereocenters. The fourth-order valence-electron chi connectivity index (χ4n) is 2.75. The highest BCUT2D eigenvalue weighted by Crippen LogP contribution is 2.13. The Balaban J connectivity index is 1.74. The van der Waals surface area contributed by atoms with Gasteiger partial charge in [-0.3, -0.25) is 14.5 Å². The summed E-state index contributed by atoms with van der Waals surface area (Å²) in [6, 6.07) is 10.4. The van der Waals surface area contributed by atoms with Crippen LogP contribution >= 0.6 is 0 Å². The number of nitrogens with one attached hydrogen (secondary N) is 1. The van der Waals surface area contributed by atoms with Gasteiger partial charge >= 0.3 is 11.8 Å². The Hall–Kier alpha value is -1.92. The van der Waals surface area contributed by atoms with Crippen molar-refractivity contribution in [3.8, 4) is 0 Å². The summed E-state index contributed by atoms with van der Waals surface area (Å²) in [5.74, 6) is -1.17. The summed E-state index contributed by atoms with van der Waals surface area (Å²) in [7, 11) is 1.51. The Bertz CT molecular complexity index is 513. The molecule has 1 fully saturated rings. The maximum Gasteiger partial charge on any atom is 0.311 e. The molecule has 2 N–H and O–H groups in total. The molecule has 1 aliphatic heterocycles. The van der Waals surface area contributed by atoms with Crippen LogP contribution in [0.2, 0.25) is 0 Å². The number of piperidine rings is 1. The minimum Gasteiger partial charge on any atom is -0.395 e. The molecule has 0 bridgehead atoms. The molecule has 1 aromatic rings. The molecule has 1 aromatic carbocycles. The number of benzene rings is 1. The zero-order chi connectivity index (χ0) is 16.7. The second kappa shape index (κ2) is 8.64. The monoisotopic (exact) mass is 319 g/mol. The minimum atomic E-state index is -0.592. The summed E-state index contributed by atoms with van der Waals surface area (Å²) in [4.78, 5) is 27.3. The van der Waals surface area contributed by atoms with E-state index in [2.05, 4.69) is 22.3 Å². The molecule has 6 nitrogen and oxygen atoms in total. The van der Waals surface area contributed by atoms with Crippen LogP contribution in [0.25, 0.3) is 0 Å². The van der Waals surface area contributed by atoms with E-state index in [9.17, 15) is 9.59 Å². The molecule has 0 radical (unpaired) electrons. The van der Waals surface area contributed by atoms with Gasteiger partial charge in [0, 0.05) is 39.3 Å². The molecule has 126 valence electrons. The van der Waals surface area contributed by atoms with Crippen molar-refractivity contribution in [3.05, 3.63) is 35.9 Å². The van der Waals surface area contributed by atoms with E-state index in [1.165, 1.54) is 17.5 Å². The van der Waals surface area contributed by atoms with E-state index < -0.39 is 11.8 Å². The molecule has 2 rings (SSSR count). The van der Waals surface area contributed by atoms with E-state index in [-0.39, 0.29) is 19.2 Å². The lowest BCUT2D eigenvalue weighted by Gasteiger charge is -2.32. The lowest BCUT2D eigenvalue weighted by molar-refractivity contribution is -0.145. The van der Waals surface area contributed by atoms with Crippen molar-refractivity contribution < 1.29 is 14.7 Å². The van der Waals surface area contributed by atoms with Crippen molar-refractivity contribution in [2.45, 2.75) is 25.4 Å². The zero-order valence-electron chi connectivity index (χ0n) is 13.6. The smallest absolute Gasteiger partial charge is 0.311 e. The normalized spacial score (nSPS) is 16.1.